The standard InChI is InChI=1S/C25H21BrN4O3S2/c1-35(31,32)29-18-9-11-19(12-10-18)30-24(23(28-25(30)34)20-4-2-3-15-27-20)22-14-13-21(33-22)16-5-7-17(26)8-6-16/h2-15,23-24,29H,1H3,(H,28,34)/t23-,24+/m1/s1. The van der Waals surface area contributed by atoms with Crippen LogP contribution in [0, 0.1) is 0 Å². The molecule has 3 heterocycles. The molecule has 10 heteroatoms. The fraction of sp³-hybridized carbons (Fsp3) is 0.120. The maximum atomic E-state index is 11.6. The van der Waals surface area contributed by atoms with Gasteiger partial charge in [0.1, 0.15) is 17.6 Å². The van der Waals surface area contributed by atoms with E-state index in [4.69, 9.17) is 16.6 Å². The molecule has 2 aromatic carbocycles. The zero-order chi connectivity index (χ0) is 24.6. The van der Waals surface area contributed by atoms with Gasteiger partial charge in [-0.25, -0.2) is 8.42 Å². The summed E-state index contributed by atoms with van der Waals surface area (Å²) < 4.78 is 33.0. The highest BCUT2D eigenvalue weighted by Crippen LogP contribution is 2.43. The van der Waals surface area contributed by atoms with Gasteiger partial charge in [0.15, 0.2) is 5.11 Å². The fourth-order valence-electron chi connectivity index (χ4n) is 4.11. The van der Waals surface area contributed by atoms with Crippen LogP contribution in [0.25, 0.3) is 11.3 Å². The van der Waals surface area contributed by atoms with Gasteiger partial charge >= 0.3 is 0 Å². The minimum atomic E-state index is -3.37. The number of hydrogen-bond acceptors (Lipinski definition) is 5. The Balaban J connectivity index is 1.54. The van der Waals surface area contributed by atoms with Crippen molar-refractivity contribution in [1.29, 1.82) is 0 Å². The number of nitrogens with zero attached hydrogens (tertiary/aromatic N) is 2. The number of halogens is 1. The van der Waals surface area contributed by atoms with Gasteiger partial charge in [-0.1, -0.05) is 34.1 Å². The second-order valence-electron chi connectivity index (χ2n) is 8.13. The van der Waals surface area contributed by atoms with Crippen LogP contribution in [0.1, 0.15) is 23.5 Å². The quantitative estimate of drug-likeness (QED) is 0.290. The Kier molecular flexibility index (Phi) is 6.35. The van der Waals surface area contributed by atoms with Crippen LogP contribution in [-0.4, -0.2) is 24.8 Å². The first-order chi connectivity index (χ1) is 16.8. The molecule has 0 spiro atoms. The Labute approximate surface area is 217 Å². The van der Waals surface area contributed by atoms with Gasteiger partial charge in [0.25, 0.3) is 0 Å². The molecule has 0 saturated carbocycles. The average molecular weight is 570 g/mol. The van der Waals surface area contributed by atoms with Crippen LogP contribution in [0.5, 0.6) is 0 Å². The molecule has 0 radical (unpaired) electrons. The van der Waals surface area contributed by atoms with E-state index in [-0.39, 0.29) is 12.1 Å². The van der Waals surface area contributed by atoms with Crippen molar-refractivity contribution in [1.82, 2.24) is 10.3 Å². The first-order valence-corrected chi connectivity index (χ1v) is 13.8. The van der Waals surface area contributed by atoms with Crippen LogP contribution >= 0.6 is 28.1 Å². The molecule has 2 atom stereocenters. The van der Waals surface area contributed by atoms with Crippen LogP contribution in [0.2, 0.25) is 0 Å². The molecule has 1 aliphatic heterocycles. The van der Waals surface area contributed by atoms with E-state index in [1.165, 1.54) is 0 Å². The number of anilines is 2. The second kappa shape index (κ2) is 9.44. The number of benzene rings is 2. The van der Waals surface area contributed by atoms with Crippen LogP contribution in [0.3, 0.4) is 0 Å². The highest BCUT2D eigenvalue weighted by atomic mass is 79.9. The fourth-order valence-corrected chi connectivity index (χ4v) is 5.28. The lowest BCUT2D eigenvalue weighted by molar-refractivity contribution is 0.439. The molecule has 7 nitrogen and oxygen atoms in total. The molecule has 1 fully saturated rings. The van der Waals surface area contributed by atoms with Crippen molar-refractivity contribution in [3.8, 4) is 11.3 Å². The largest absolute Gasteiger partial charge is 0.459 e. The first-order valence-electron chi connectivity index (χ1n) is 10.7. The third kappa shape index (κ3) is 5.09. The van der Waals surface area contributed by atoms with Gasteiger partial charge < -0.3 is 14.6 Å². The van der Waals surface area contributed by atoms with Gasteiger partial charge in [0.05, 0.1) is 18.0 Å². The van der Waals surface area contributed by atoms with Gasteiger partial charge in [-0.2, -0.15) is 0 Å². The maximum absolute atomic E-state index is 11.6. The topological polar surface area (TPSA) is 87.5 Å². The van der Waals surface area contributed by atoms with E-state index in [0.717, 1.165) is 39.2 Å². The van der Waals surface area contributed by atoms with E-state index in [1.807, 2.05) is 71.6 Å². The summed E-state index contributed by atoms with van der Waals surface area (Å²) in [6.07, 6.45) is 2.87. The summed E-state index contributed by atoms with van der Waals surface area (Å²) in [5, 5.41) is 3.92. The molecule has 35 heavy (non-hydrogen) atoms. The molecule has 5 rings (SSSR count). The Morgan fingerprint density at radius 1 is 1.03 bits per heavy atom. The van der Waals surface area contributed by atoms with Crippen molar-refractivity contribution >= 4 is 54.7 Å². The van der Waals surface area contributed by atoms with E-state index in [0.29, 0.717) is 10.8 Å². The molecule has 0 amide bonds. The highest BCUT2D eigenvalue weighted by Gasteiger charge is 2.42. The Morgan fingerprint density at radius 3 is 2.43 bits per heavy atom. The first kappa shape index (κ1) is 23.5. The van der Waals surface area contributed by atoms with Crippen LogP contribution in [0.4, 0.5) is 11.4 Å². The van der Waals surface area contributed by atoms with Crippen LogP contribution in [0.15, 0.2) is 93.9 Å². The molecular formula is C25H21BrN4O3S2. The predicted octanol–water partition coefficient (Wildman–Crippen LogP) is 5.65. The summed E-state index contributed by atoms with van der Waals surface area (Å²) in [6.45, 7) is 0. The summed E-state index contributed by atoms with van der Waals surface area (Å²) >= 11 is 9.21. The number of rotatable bonds is 6. The normalized spacial score (nSPS) is 17.9. The summed E-state index contributed by atoms with van der Waals surface area (Å²) in [7, 11) is -3.37. The summed E-state index contributed by atoms with van der Waals surface area (Å²) in [5.41, 5.74) is 3.07. The third-order valence-electron chi connectivity index (χ3n) is 5.59. The third-order valence-corrected chi connectivity index (χ3v) is 7.04. The molecule has 178 valence electrons. The number of aromatic nitrogens is 1. The lowest BCUT2D eigenvalue weighted by Gasteiger charge is -2.26. The van der Waals surface area contributed by atoms with Gasteiger partial charge in [-0.05, 0) is 72.9 Å². The molecule has 0 bridgehead atoms. The molecule has 1 aliphatic rings. The molecule has 4 aromatic rings. The van der Waals surface area contributed by atoms with E-state index in [1.54, 1.807) is 18.3 Å². The minimum Gasteiger partial charge on any atom is -0.459 e. The minimum absolute atomic E-state index is 0.249. The molecule has 0 unspecified atom stereocenters. The maximum Gasteiger partial charge on any atom is 0.229 e. The molecular weight excluding hydrogens is 548 g/mol. The molecule has 0 aliphatic carbocycles. The number of nitrogens with one attached hydrogen (secondary N) is 2. The summed E-state index contributed by atoms with van der Waals surface area (Å²) in [6, 6.07) is 24.1. The van der Waals surface area contributed by atoms with Crippen molar-refractivity contribution < 1.29 is 12.8 Å². The Hall–Kier alpha value is -3.21. The van der Waals surface area contributed by atoms with Crippen molar-refractivity contribution in [3.05, 3.63) is 101 Å². The van der Waals surface area contributed by atoms with Gasteiger partial charge in [-0.15, -0.1) is 0 Å². The summed E-state index contributed by atoms with van der Waals surface area (Å²) in [5.74, 6) is 1.47. The van der Waals surface area contributed by atoms with Gasteiger partial charge in [-0.3, -0.25) is 9.71 Å². The zero-order valence-electron chi connectivity index (χ0n) is 18.6. The molecule has 2 N–H and O–H groups in total. The highest BCUT2D eigenvalue weighted by molar-refractivity contribution is 9.10. The lowest BCUT2D eigenvalue weighted by atomic mass is 10.0. The number of sulfonamides is 1. The van der Waals surface area contributed by atoms with Crippen LogP contribution in [-0.2, 0) is 10.0 Å². The van der Waals surface area contributed by atoms with Crippen LogP contribution < -0.4 is 14.9 Å². The second-order valence-corrected chi connectivity index (χ2v) is 11.2. The number of thiocarbonyl (C=S) groups is 1. The van der Waals surface area contributed by atoms with Crippen molar-refractivity contribution in [3.63, 3.8) is 0 Å². The van der Waals surface area contributed by atoms with E-state index in [2.05, 4.69) is 31.0 Å². The smallest absolute Gasteiger partial charge is 0.229 e. The van der Waals surface area contributed by atoms with Gasteiger partial charge in [0, 0.05) is 27.6 Å². The Bertz CT molecular complexity index is 1460. The van der Waals surface area contributed by atoms with Crippen molar-refractivity contribution in [2.24, 2.45) is 0 Å². The van der Waals surface area contributed by atoms with E-state index >= 15 is 0 Å². The summed E-state index contributed by atoms with van der Waals surface area (Å²) in [4.78, 5) is 6.53. The lowest BCUT2D eigenvalue weighted by Crippen LogP contribution is -2.29. The SMILES string of the molecule is CS(=O)(=O)Nc1ccc(N2C(=S)N[C@H](c3ccccn3)[C@@H]2c2ccc(-c3ccc(Br)cc3)o2)cc1. The Morgan fingerprint density at radius 2 is 1.77 bits per heavy atom. The van der Waals surface area contributed by atoms with E-state index < -0.39 is 10.0 Å². The molecule has 2 aromatic heterocycles. The average Bonchev–Trinajstić information content (AvgIpc) is 3.44. The number of hydrogen-bond donors (Lipinski definition) is 2. The monoisotopic (exact) mass is 568 g/mol. The number of furan rings is 1. The van der Waals surface area contributed by atoms with Crippen molar-refractivity contribution in [2.45, 2.75) is 12.1 Å². The van der Waals surface area contributed by atoms with Crippen molar-refractivity contribution in [2.75, 3.05) is 15.9 Å². The van der Waals surface area contributed by atoms with Gasteiger partial charge in [0.2, 0.25) is 10.0 Å². The molecule has 1 saturated heterocycles. The predicted molar refractivity (Wildman–Crippen MR) is 145 cm³/mol. The zero-order valence-corrected chi connectivity index (χ0v) is 21.8. The number of pyridine rings is 1. The van der Waals surface area contributed by atoms with E-state index in [9.17, 15) is 8.42 Å².